The Morgan fingerprint density at radius 3 is 2.47 bits per heavy atom. The van der Waals surface area contributed by atoms with Crippen molar-refractivity contribution in [1.82, 2.24) is 15.1 Å². The molecule has 1 saturated heterocycles. The third-order valence-electron chi connectivity index (χ3n) is 4.89. The van der Waals surface area contributed by atoms with E-state index in [4.69, 9.17) is 11.6 Å². The number of urea groups is 1. The molecule has 0 unspecified atom stereocenters. The molecule has 0 spiro atoms. The van der Waals surface area contributed by atoms with Crippen molar-refractivity contribution in [3.63, 3.8) is 0 Å². The molecule has 160 valence electrons. The molecule has 2 aromatic carbocycles. The van der Waals surface area contributed by atoms with Gasteiger partial charge in [-0.2, -0.15) is 0 Å². The molecule has 0 aromatic heterocycles. The van der Waals surface area contributed by atoms with Gasteiger partial charge in [-0.15, -0.1) is 0 Å². The first-order valence-corrected chi connectivity index (χ1v) is 10.3. The number of hydrogen-bond acceptors (Lipinski definition) is 3. The second-order valence-corrected chi connectivity index (χ2v) is 8.01. The highest BCUT2D eigenvalue weighted by molar-refractivity contribution is 6.31. The fourth-order valence-electron chi connectivity index (χ4n) is 3.37. The number of nitrogens with one attached hydrogen (secondary N) is 2. The Balaban J connectivity index is 1.61. The second-order valence-electron chi connectivity index (χ2n) is 7.60. The zero-order valence-corrected chi connectivity index (χ0v) is 17.9. The van der Waals surface area contributed by atoms with Crippen molar-refractivity contribution in [1.29, 1.82) is 0 Å². The van der Waals surface area contributed by atoms with Gasteiger partial charge < -0.3 is 15.5 Å². The maximum atomic E-state index is 13.2. The Labute approximate surface area is 181 Å². The first-order chi connectivity index (χ1) is 14.3. The van der Waals surface area contributed by atoms with E-state index in [2.05, 4.69) is 15.5 Å². The lowest BCUT2D eigenvalue weighted by atomic mass is 10.1. The number of piperazine rings is 1. The van der Waals surface area contributed by atoms with Gasteiger partial charge >= 0.3 is 6.03 Å². The van der Waals surface area contributed by atoms with E-state index in [-0.39, 0.29) is 23.8 Å². The number of nitrogens with zero attached hydrogens (tertiary/aromatic N) is 2. The molecular formula is C22H26ClFN4O2. The van der Waals surface area contributed by atoms with Crippen molar-refractivity contribution >= 4 is 29.2 Å². The third kappa shape index (κ3) is 5.70. The number of carbonyl (C=O) groups is 2. The number of rotatable bonds is 5. The summed E-state index contributed by atoms with van der Waals surface area (Å²) in [5, 5.41) is 5.93. The number of carbonyl (C=O) groups excluding carboxylic acids is 2. The summed E-state index contributed by atoms with van der Waals surface area (Å²) in [4.78, 5) is 29.1. The average molecular weight is 433 g/mol. The lowest BCUT2D eigenvalue weighted by Crippen LogP contribution is -2.48. The highest BCUT2D eigenvalue weighted by atomic mass is 35.5. The summed E-state index contributed by atoms with van der Waals surface area (Å²) < 4.78 is 13.2. The summed E-state index contributed by atoms with van der Waals surface area (Å²) in [6, 6.07) is 11.1. The van der Waals surface area contributed by atoms with Crippen LogP contribution in [-0.4, -0.2) is 54.0 Å². The SMILES string of the molecule is CC(C)NC(=O)Nc1ccccc1C(=O)N1CCN(Cc2ccc(F)cc2Cl)CC1. The molecule has 0 atom stereocenters. The van der Waals surface area contributed by atoms with E-state index in [1.54, 1.807) is 35.2 Å². The first kappa shape index (κ1) is 22.1. The Kier molecular flexibility index (Phi) is 7.29. The summed E-state index contributed by atoms with van der Waals surface area (Å²) in [7, 11) is 0. The van der Waals surface area contributed by atoms with Gasteiger partial charge in [0, 0.05) is 43.8 Å². The maximum absolute atomic E-state index is 13.2. The van der Waals surface area contributed by atoms with E-state index in [1.165, 1.54) is 12.1 Å². The van der Waals surface area contributed by atoms with Crippen LogP contribution in [0.1, 0.15) is 29.8 Å². The van der Waals surface area contributed by atoms with E-state index in [1.807, 2.05) is 13.8 Å². The van der Waals surface area contributed by atoms with Gasteiger partial charge in [-0.1, -0.05) is 29.8 Å². The molecule has 1 aliphatic rings. The molecule has 0 radical (unpaired) electrons. The van der Waals surface area contributed by atoms with Crippen LogP contribution in [0.3, 0.4) is 0 Å². The first-order valence-electron chi connectivity index (χ1n) is 9.95. The second kappa shape index (κ2) is 9.91. The van der Waals surface area contributed by atoms with Gasteiger partial charge in [-0.05, 0) is 43.7 Å². The summed E-state index contributed by atoms with van der Waals surface area (Å²) in [5.41, 5.74) is 1.82. The predicted molar refractivity (Wildman–Crippen MR) is 116 cm³/mol. The molecule has 0 saturated carbocycles. The minimum Gasteiger partial charge on any atom is -0.336 e. The predicted octanol–water partition coefficient (Wildman–Crippen LogP) is 3.97. The molecule has 8 heteroatoms. The number of benzene rings is 2. The Morgan fingerprint density at radius 1 is 1.10 bits per heavy atom. The summed E-state index contributed by atoms with van der Waals surface area (Å²) in [5.74, 6) is -0.469. The number of anilines is 1. The molecule has 2 aromatic rings. The molecule has 2 N–H and O–H groups in total. The highest BCUT2D eigenvalue weighted by Gasteiger charge is 2.24. The van der Waals surface area contributed by atoms with Crippen LogP contribution in [0.2, 0.25) is 5.02 Å². The Morgan fingerprint density at radius 2 is 1.80 bits per heavy atom. The molecule has 3 rings (SSSR count). The van der Waals surface area contributed by atoms with Crippen molar-refractivity contribution in [2.75, 3.05) is 31.5 Å². The molecule has 1 aliphatic heterocycles. The summed E-state index contributed by atoms with van der Waals surface area (Å²) >= 11 is 6.13. The van der Waals surface area contributed by atoms with Crippen molar-refractivity contribution in [2.45, 2.75) is 26.4 Å². The van der Waals surface area contributed by atoms with Crippen molar-refractivity contribution < 1.29 is 14.0 Å². The van der Waals surface area contributed by atoms with E-state index < -0.39 is 0 Å². The summed E-state index contributed by atoms with van der Waals surface area (Å²) in [6.07, 6.45) is 0. The molecule has 6 nitrogen and oxygen atoms in total. The summed E-state index contributed by atoms with van der Waals surface area (Å²) in [6.45, 7) is 6.83. The molecule has 0 aliphatic carbocycles. The Hall–Kier alpha value is -2.64. The van der Waals surface area contributed by atoms with Gasteiger partial charge in [0.15, 0.2) is 0 Å². The van der Waals surface area contributed by atoms with Gasteiger partial charge in [-0.3, -0.25) is 9.69 Å². The Bertz CT molecular complexity index is 914. The van der Waals surface area contributed by atoms with Gasteiger partial charge in [0.1, 0.15) is 5.82 Å². The van der Waals surface area contributed by atoms with Crippen LogP contribution in [0.5, 0.6) is 0 Å². The van der Waals surface area contributed by atoms with Crippen LogP contribution >= 0.6 is 11.6 Å². The van der Waals surface area contributed by atoms with Crippen LogP contribution in [0.25, 0.3) is 0 Å². The van der Waals surface area contributed by atoms with Crippen molar-refractivity contribution in [3.05, 3.63) is 64.4 Å². The smallest absolute Gasteiger partial charge is 0.319 e. The molecule has 30 heavy (non-hydrogen) atoms. The highest BCUT2D eigenvalue weighted by Crippen LogP contribution is 2.21. The molecule has 1 fully saturated rings. The molecular weight excluding hydrogens is 407 g/mol. The van der Waals surface area contributed by atoms with Crippen LogP contribution in [0, 0.1) is 5.82 Å². The van der Waals surface area contributed by atoms with Gasteiger partial charge in [0.2, 0.25) is 0 Å². The quantitative estimate of drug-likeness (QED) is 0.751. The van der Waals surface area contributed by atoms with Crippen molar-refractivity contribution in [2.24, 2.45) is 0 Å². The molecule has 1 heterocycles. The van der Waals surface area contributed by atoms with Gasteiger partial charge in [-0.25, -0.2) is 9.18 Å². The van der Waals surface area contributed by atoms with E-state index >= 15 is 0 Å². The standard InChI is InChI=1S/C22H26ClFN4O2/c1-15(2)25-22(30)26-20-6-4-3-5-18(20)21(29)28-11-9-27(10-12-28)14-16-7-8-17(24)13-19(16)23/h3-8,13,15H,9-12,14H2,1-2H3,(H2,25,26,30). The number of para-hydroxylation sites is 1. The third-order valence-corrected chi connectivity index (χ3v) is 5.25. The minimum absolute atomic E-state index is 0.00412. The fourth-order valence-corrected chi connectivity index (χ4v) is 3.60. The normalized spacial score (nSPS) is 14.6. The largest absolute Gasteiger partial charge is 0.336 e. The topological polar surface area (TPSA) is 64.7 Å². The van der Waals surface area contributed by atoms with E-state index in [0.29, 0.717) is 49.0 Å². The van der Waals surface area contributed by atoms with Gasteiger partial charge in [0.05, 0.1) is 11.3 Å². The fraction of sp³-hybridized carbons (Fsp3) is 0.364. The molecule has 3 amide bonds. The number of hydrogen-bond donors (Lipinski definition) is 2. The van der Waals surface area contributed by atoms with E-state index in [9.17, 15) is 14.0 Å². The zero-order valence-electron chi connectivity index (χ0n) is 17.1. The average Bonchev–Trinajstić information content (AvgIpc) is 2.70. The van der Waals surface area contributed by atoms with Crippen LogP contribution < -0.4 is 10.6 Å². The van der Waals surface area contributed by atoms with Gasteiger partial charge in [0.25, 0.3) is 5.91 Å². The van der Waals surface area contributed by atoms with E-state index in [0.717, 1.165) is 5.56 Å². The van der Waals surface area contributed by atoms with Crippen LogP contribution in [0.15, 0.2) is 42.5 Å². The maximum Gasteiger partial charge on any atom is 0.319 e. The van der Waals surface area contributed by atoms with Crippen molar-refractivity contribution in [3.8, 4) is 0 Å². The van der Waals surface area contributed by atoms with Crippen LogP contribution in [0.4, 0.5) is 14.9 Å². The van der Waals surface area contributed by atoms with Crippen LogP contribution in [-0.2, 0) is 6.54 Å². The lowest BCUT2D eigenvalue weighted by molar-refractivity contribution is 0.0629. The monoisotopic (exact) mass is 432 g/mol. The minimum atomic E-state index is -0.353. The number of amides is 3. The molecule has 0 bridgehead atoms. The number of halogens is 2. The zero-order chi connectivity index (χ0) is 21.7. The lowest BCUT2D eigenvalue weighted by Gasteiger charge is -2.35.